The topological polar surface area (TPSA) is 78.0 Å². The number of rotatable bonds is 6. The summed E-state index contributed by atoms with van der Waals surface area (Å²) >= 11 is 0. The molecule has 3 aromatic heterocycles. The third kappa shape index (κ3) is 4.44. The quantitative estimate of drug-likeness (QED) is 0.337. The number of allylic oxidation sites excluding steroid dienone is 2. The lowest BCUT2D eigenvalue weighted by Crippen LogP contribution is -2.23. The van der Waals surface area contributed by atoms with Crippen LogP contribution in [0.15, 0.2) is 64.3 Å². The van der Waals surface area contributed by atoms with Crippen molar-refractivity contribution in [1.82, 2.24) is 24.1 Å². The normalized spacial score (nSPS) is 15.9. The summed E-state index contributed by atoms with van der Waals surface area (Å²) < 4.78 is 45.6. The minimum absolute atomic E-state index is 0.0681. The number of aryl methyl sites for hydroxylation is 1. The molecule has 0 aliphatic carbocycles. The van der Waals surface area contributed by atoms with Crippen LogP contribution in [-0.2, 0) is 13.6 Å². The van der Waals surface area contributed by atoms with Crippen LogP contribution in [0.1, 0.15) is 50.4 Å². The van der Waals surface area contributed by atoms with E-state index in [0.29, 0.717) is 28.3 Å². The smallest absolute Gasteiger partial charge is 0.292 e. The zero-order valence-corrected chi connectivity index (χ0v) is 21.7. The lowest BCUT2D eigenvalue weighted by atomic mass is 9.98. The Hall–Kier alpha value is -4.08. The van der Waals surface area contributed by atoms with E-state index in [4.69, 9.17) is 0 Å². The van der Waals surface area contributed by atoms with Crippen LogP contribution in [0.2, 0.25) is 0 Å². The van der Waals surface area contributed by atoms with Crippen molar-refractivity contribution in [1.29, 1.82) is 0 Å². The first kappa shape index (κ1) is 25.6. The van der Waals surface area contributed by atoms with Gasteiger partial charge in [-0.1, -0.05) is 32.9 Å². The standard InChI is InChI=1S/C28H27F3N6O/c1-15(2)23-19(7-6-10-32-23)25-33-13-21-26(35-25)37(27(38)36(21)5)14-18-9-8-17(12-20(18)29)24-16(3)11-22(34-24)28(4,30)31/h6-13,15-16H,14H2,1-5H3. The molecule has 0 bridgehead atoms. The molecule has 0 saturated carbocycles. The molecule has 1 unspecified atom stereocenters. The number of halogens is 3. The Bertz CT molecular complexity index is 1680. The maximum atomic E-state index is 15.3. The van der Waals surface area contributed by atoms with E-state index < -0.39 is 11.7 Å². The predicted octanol–water partition coefficient (Wildman–Crippen LogP) is 5.48. The largest absolute Gasteiger partial charge is 0.330 e. The molecule has 196 valence electrons. The second kappa shape index (κ2) is 9.34. The average molecular weight is 521 g/mol. The van der Waals surface area contributed by atoms with E-state index in [0.717, 1.165) is 18.2 Å². The van der Waals surface area contributed by atoms with Crippen molar-refractivity contribution >= 4 is 16.9 Å². The SMILES string of the molecule is CC1C=C(C(C)(F)F)N=C1c1ccc(Cn2c(=O)n(C)c3cnc(-c4cccnc4C(C)C)nc32)c(F)c1. The molecule has 0 saturated heterocycles. The number of alkyl halides is 2. The van der Waals surface area contributed by atoms with Crippen LogP contribution in [0.5, 0.6) is 0 Å². The summed E-state index contributed by atoms with van der Waals surface area (Å²) in [6, 6.07) is 8.15. The summed E-state index contributed by atoms with van der Waals surface area (Å²) in [4.78, 5) is 30.8. The summed E-state index contributed by atoms with van der Waals surface area (Å²) in [6.07, 6.45) is 4.69. The van der Waals surface area contributed by atoms with Crippen LogP contribution in [0.3, 0.4) is 0 Å². The second-order valence-corrected chi connectivity index (χ2v) is 9.95. The van der Waals surface area contributed by atoms with E-state index in [2.05, 4.69) is 19.9 Å². The number of fused-ring (bicyclic) bond motifs is 1. The monoisotopic (exact) mass is 520 g/mol. The zero-order valence-electron chi connectivity index (χ0n) is 21.7. The molecule has 0 amide bonds. The number of imidazole rings is 1. The summed E-state index contributed by atoms with van der Waals surface area (Å²) in [5.74, 6) is -3.45. The lowest BCUT2D eigenvalue weighted by Gasteiger charge is -2.11. The first-order chi connectivity index (χ1) is 18.0. The van der Waals surface area contributed by atoms with Crippen molar-refractivity contribution in [3.8, 4) is 11.4 Å². The Morgan fingerprint density at radius 3 is 2.58 bits per heavy atom. The molecule has 0 spiro atoms. The summed E-state index contributed by atoms with van der Waals surface area (Å²) in [7, 11) is 1.61. The van der Waals surface area contributed by atoms with Gasteiger partial charge in [0.1, 0.15) is 17.0 Å². The van der Waals surface area contributed by atoms with Gasteiger partial charge in [-0.15, -0.1) is 0 Å². The Morgan fingerprint density at radius 1 is 1.16 bits per heavy atom. The zero-order chi connectivity index (χ0) is 27.4. The van der Waals surface area contributed by atoms with Crippen LogP contribution < -0.4 is 5.69 Å². The molecular weight excluding hydrogens is 493 g/mol. The number of aromatic nitrogens is 5. The third-order valence-electron chi connectivity index (χ3n) is 6.72. The van der Waals surface area contributed by atoms with Gasteiger partial charge in [-0.25, -0.2) is 19.2 Å². The highest BCUT2D eigenvalue weighted by Gasteiger charge is 2.33. The van der Waals surface area contributed by atoms with E-state index >= 15 is 4.39 Å². The molecule has 0 radical (unpaired) electrons. The highest BCUT2D eigenvalue weighted by molar-refractivity contribution is 6.05. The van der Waals surface area contributed by atoms with Crippen molar-refractivity contribution in [3.05, 3.63) is 87.6 Å². The highest BCUT2D eigenvalue weighted by atomic mass is 19.3. The maximum Gasteiger partial charge on any atom is 0.330 e. The minimum Gasteiger partial charge on any atom is -0.292 e. The number of aliphatic imine (C=N–C) groups is 1. The van der Waals surface area contributed by atoms with Crippen LogP contribution in [0, 0.1) is 11.7 Å². The fourth-order valence-corrected chi connectivity index (χ4v) is 4.68. The highest BCUT2D eigenvalue weighted by Crippen LogP contribution is 2.33. The molecule has 5 rings (SSSR count). The first-order valence-corrected chi connectivity index (χ1v) is 12.3. The molecule has 1 aliphatic rings. The van der Waals surface area contributed by atoms with Gasteiger partial charge in [-0.3, -0.25) is 19.1 Å². The fraction of sp³-hybridized carbons (Fsp3) is 0.321. The van der Waals surface area contributed by atoms with Crippen LogP contribution in [0.4, 0.5) is 13.2 Å². The van der Waals surface area contributed by atoms with E-state index in [9.17, 15) is 13.6 Å². The van der Waals surface area contributed by atoms with Gasteiger partial charge in [0, 0.05) is 37.2 Å². The lowest BCUT2D eigenvalue weighted by molar-refractivity contribution is 0.0623. The minimum atomic E-state index is -3.07. The molecule has 10 heteroatoms. The van der Waals surface area contributed by atoms with Gasteiger partial charge < -0.3 is 0 Å². The molecule has 1 aliphatic heterocycles. The Morgan fingerprint density at radius 2 is 1.92 bits per heavy atom. The van der Waals surface area contributed by atoms with Crippen molar-refractivity contribution in [2.45, 2.75) is 46.1 Å². The van der Waals surface area contributed by atoms with Gasteiger partial charge in [0.05, 0.1) is 24.1 Å². The Labute approximate surface area is 217 Å². The molecule has 0 N–H and O–H groups in total. The summed E-state index contributed by atoms with van der Waals surface area (Å²) in [5, 5.41) is 0. The van der Waals surface area contributed by atoms with Gasteiger partial charge in [-0.2, -0.15) is 8.78 Å². The predicted molar refractivity (Wildman–Crippen MR) is 140 cm³/mol. The molecular formula is C28H27F3N6O. The molecule has 0 fully saturated rings. The van der Waals surface area contributed by atoms with E-state index in [1.165, 1.54) is 21.3 Å². The summed E-state index contributed by atoms with van der Waals surface area (Å²) in [5.41, 5.74) is 2.85. The van der Waals surface area contributed by atoms with E-state index in [-0.39, 0.29) is 35.3 Å². The first-order valence-electron chi connectivity index (χ1n) is 12.3. The molecule has 38 heavy (non-hydrogen) atoms. The Balaban J connectivity index is 1.53. The van der Waals surface area contributed by atoms with E-state index in [1.54, 1.807) is 44.6 Å². The van der Waals surface area contributed by atoms with Crippen LogP contribution in [-0.4, -0.2) is 35.7 Å². The van der Waals surface area contributed by atoms with Gasteiger partial charge in [0.2, 0.25) is 0 Å². The van der Waals surface area contributed by atoms with Gasteiger partial charge in [0.25, 0.3) is 5.92 Å². The van der Waals surface area contributed by atoms with Crippen molar-refractivity contribution in [2.75, 3.05) is 0 Å². The number of nitrogens with zero attached hydrogens (tertiary/aromatic N) is 6. The summed E-state index contributed by atoms with van der Waals surface area (Å²) in [6.45, 7) is 6.51. The van der Waals surface area contributed by atoms with Crippen LogP contribution in [0.25, 0.3) is 22.6 Å². The van der Waals surface area contributed by atoms with Gasteiger partial charge >= 0.3 is 5.69 Å². The third-order valence-corrected chi connectivity index (χ3v) is 6.72. The van der Waals surface area contributed by atoms with Crippen molar-refractivity contribution in [3.63, 3.8) is 0 Å². The maximum absolute atomic E-state index is 15.3. The van der Waals surface area contributed by atoms with Crippen LogP contribution >= 0.6 is 0 Å². The molecule has 1 atom stereocenters. The van der Waals surface area contributed by atoms with Crippen molar-refractivity contribution in [2.24, 2.45) is 18.0 Å². The van der Waals surface area contributed by atoms with Gasteiger partial charge in [-0.05, 0) is 35.8 Å². The molecule has 4 heterocycles. The molecule has 4 aromatic rings. The van der Waals surface area contributed by atoms with Gasteiger partial charge in [0.15, 0.2) is 11.5 Å². The molecule has 7 nitrogen and oxygen atoms in total. The number of hydrogen-bond donors (Lipinski definition) is 0. The number of benzene rings is 1. The fourth-order valence-electron chi connectivity index (χ4n) is 4.68. The number of pyridine rings is 1. The molecule has 1 aromatic carbocycles. The Kier molecular flexibility index (Phi) is 6.28. The van der Waals surface area contributed by atoms with Crippen molar-refractivity contribution < 1.29 is 13.2 Å². The second-order valence-electron chi connectivity index (χ2n) is 9.95. The number of hydrogen-bond acceptors (Lipinski definition) is 5. The average Bonchev–Trinajstić information content (AvgIpc) is 3.38. The van der Waals surface area contributed by atoms with E-state index in [1.807, 2.05) is 19.9 Å².